The van der Waals surface area contributed by atoms with Crippen LogP contribution in [0.2, 0.25) is 5.28 Å². The summed E-state index contributed by atoms with van der Waals surface area (Å²) in [5.41, 5.74) is 0.643. The Morgan fingerprint density at radius 1 is 1.26 bits per heavy atom. The van der Waals surface area contributed by atoms with Crippen LogP contribution in [0.15, 0.2) is 22.7 Å². The first-order chi connectivity index (χ1) is 8.84. The Kier molecular flexibility index (Phi) is 3.87. The van der Waals surface area contributed by atoms with Crippen molar-refractivity contribution in [3.05, 3.63) is 33.8 Å². The molecule has 0 N–H and O–H groups in total. The lowest BCUT2D eigenvalue weighted by molar-refractivity contribution is 0.411. The van der Waals surface area contributed by atoms with Crippen LogP contribution in [0.25, 0.3) is 5.69 Å². The molecule has 102 valence electrons. The molecule has 19 heavy (non-hydrogen) atoms. The van der Waals surface area contributed by atoms with Crippen molar-refractivity contribution in [1.29, 1.82) is 0 Å². The number of nitrogens with zero attached hydrogens (tertiary/aromatic N) is 3. The van der Waals surface area contributed by atoms with Crippen LogP contribution in [-0.4, -0.2) is 21.9 Å². The minimum atomic E-state index is -0.173. The first-order valence-corrected chi connectivity index (χ1v) is 6.97. The predicted molar refractivity (Wildman–Crippen MR) is 79.3 cm³/mol. The third-order valence-corrected chi connectivity index (χ3v) is 3.41. The van der Waals surface area contributed by atoms with Crippen molar-refractivity contribution in [1.82, 2.24) is 14.8 Å². The highest BCUT2D eigenvalue weighted by Crippen LogP contribution is 2.33. The lowest BCUT2D eigenvalue weighted by Gasteiger charge is -2.20. The van der Waals surface area contributed by atoms with Gasteiger partial charge in [-0.05, 0) is 29.8 Å². The number of halogens is 2. The van der Waals surface area contributed by atoms with Gasteiger partial charge in [-0.15, -0.1) is 10.2 Å². The van der Waals surface area contributed by atoms with Gasteiger partial charge in [-0.3, -0.25) is 4.57 Å². The monoisotopic (exact) mass is 343 g/mol. The molecule has 0 aliphatic rings. The fourth-order valence-corrected chi connectivity index (χ4v) is 2.36. The number of hydrogen-bond acceptors (Lipinski definition) is 3. The van der Waals surface area contributed by atoms with E-state index in [1.54, 1.807) is 7.11 Å². The largest absolute Gasteiger partial charge is 0.495 e. The van der Waals surface area contributed by atoms with Crippen LogP contribution in [0.3, 0.4) is 0 Å². The van der Waals surface area contributed by atoms with Crippen molar-refractivity contribution in [3.63, 3.8) is 0 Å². The van der Waals surface area contributed by atoms with E-state index in [1.807, 2.05) is 22.8 Å². The van der Waals surface area contributed by atoms with Gasteiger partial charge in [0.05, 0.1) is 12.8 Å². The summed E-state index contributed by atoms with van der Waals surface area (Å²) in [4.78, 5) is 0. The Bertz CT molecular complexity index is 604. The van der Waals surface area contributed by atoms with Gasteiger partial charge in [-0.1, -0.05) is 36.7 Å². The molecule has 0 unspecified atom stereocenters. The average molecular weight is 345 g/mol. The molecule has 4 nitrogen and oxygen atoms in total. The van der Waals surface area contributed by atoms with Crippen molar-refractivity contribution in [2.75, 3.05) is 7.11 Å². The van der Waals surface area contributed by atoms with Gasteiger partial charge in [-0.2, -0.15) is 0 Å². The summed E-state index contributed by atoms with van der Waals surface area (Å²) in [7, 11) is 1.63. The highest BCUT2D eigenvalue weighted by Gasteiger charge is 2.25. The van der Waals surface area contributed by atoms with Gasteiger partial charge in [0.15, 0.2) is 0 Å². The summed E-state index contributed by atoms with van der Waals surface area (Å²) in [5.74, 6) is 1.50. The predicted octanol–water partition coefficient (Wildman–Crippen LogP) is 3.99. The van der Waals surface area contributed by atoms with Crippen molar-refractivity contribution in [3.8, 4) is 11.4 Å². The molecule has 0 atom stereocenters. The number of aromatic nitrogens is 3. The number of benzene rings is 1. The van der Waals surface area contributed by atoms with E-state index >= 15 is 0 Å². The molecule has 2 aromatic rings. The fourth-order valence-electron chi connectivity index (χ4n) is 1.80. The molecule has 1 aromatic heterocycles. The van der Waals surface area contributed by atoms with Crippen LogP contribution in [0, 0.1) is 0 Å². The number of methoxy groups -OCH3 is 1. The molecule has 0 radical (unpaired) electrons. The minimum Gasteiger partial charge on any atom is -0.495 e. The molecule has 0 bridgehead atoms. The fraction of sp³-hybridized carbons (Fsp3) is 0.385. The summed E-state index contributed by atoms with van der Waals surface area (Å²) in [6, 6.07) is 5.73. The van der Waals surface area contributed by atoms with E-state index in [9.17, 15) is 0 Å². The Morgan fingerprint density at radius 3 is 2.53 bits per heavy atom. The Balaban J connectivity index is 2.72. The van der Waals surface area contributed by atoms with Gasteiger partial charge in [0.1, 0.15) is 11.6 Å². The molecule has 1 heterocycles. The Hall–Kier alpha value is -1.07. The topological polar surface area (TPSA) is 39.9 Å². The van der Waals surface area contributed by atoms with E-state index < -0.39 is 0 Å². The highest BCUT2D eigenvalue weighted by molar-refractivity contribution is 9.10. The maximum atomic E-state index is 6.19. The maximum absolute atomic E-state index is 6.19. The van der Waals surface area contributed by atoms with E-state index in [0.717, 1.165) is 21.7 Å². The van der Waals surface area contributed by atoms with Gasteiger partial charge < -0.3 is 4.74 Å². The van der Waals surface area contributed by atoms with Gasteiger partial charge in [0, 0.05) is 9.89 Å². The molecule has 0 aliphatic heterocycles. The Morgan fingerprint density at radius 2 is 1.95 bits per heavy atom. The van der Waals surface area contributed by atoms with Gasteiger partial charge in [-0.25, -0.2) is 0 Å². The quantitative estimate of drug-likeness (QED) is 0.827. The zero-order valence-corrected chi connectivity index (χ0v) is 13.6. The lowest BCUT2D eigenvalue weighted by atomic mass is 9.95. The normalized spacial score (nSPS) is 11.7. The van der Waals surface area contributed by atoms with Gasteiger partial charge in [0.25, 0.3) is 0 Å². The van der Waals surface area contributed by atoms with Crippen LogP contribution < -0.4 is 4.74 Å². The summed E-state index contributed by atoms with van der Waals surface area (Å²) in [5, 5.41) is 8.47. The van der Waals surface area contributed by atoms with Crippen molar-refractivity contribution in [2.24, 2.45) is 0 Å². The minimum absolute atomic E-state index is 0.173. The Labute approximate surface area is 125 Å². The zero-order chi connectivity index (χ0) is 14.2. The molecule has 0 spiro atoms. The van der Waals surface area contributed by atoms with Crippen LogP contribution in [0.4, 0.5) is 0 Å². The van der Waals surface area contributed by atoms with E-state index in [0.29, 0.717) is 5.28 Å². The van der Waals surface area contributed by atoms with Crippen LogP contribution in [-0.2, 0) is 5.41 Å². The first kappa shape index (κ1) is 14.3. The van der Waals surface area contributed by atoms with Crippen LogP contribution in [0.5, 0.6) is 5.75 Å². The summed E-state index contributed by atoms with van der Waals surface area (Å²) >= 11 is 9.64. The third-order valence-electron chi connectivity index (χ3n) is 2.68. The van der Waals surface area contributed by atoms with Crippen LogP contribution in [0.1, 0.15) is 26.6 Å². The second-order valence-corrected chi connectivity index (χ2v) is 6.45. The number of ether oxygens (including phenoxy) is 1. The standard InChI is InChI=1S/C13H15BrClN3O/c1-13(2,3)11-16-17-12(15)18(11)9-7-8(14)5-6-10(9)19-4/h5-7H,1-4H3. The van der Waals surface area contributed by atoms with Crippen LogP contribution >= 0.6 is 27.5 Å². The molecule has 0 fully saturated rings. The van der Waals surface area contributed by atoms with Crippen molar-refractivity contribution in [2.45, 2.75) is 26.2 Å². The molecule has 0 saturated heterocycles. The molecular weight excluding hydrogens is 330 g/mol. The van der Waals surface area contributed by atoms with E-state index in [2.05, 4.69) is 46.9 Å². The van der Waals surface area contributed by atoms with Gasteiger partial charge >= 0.3 is 0 Å². The number of hydrogen-bond donors (Lipinski definition) is 0. The number of rotatable bonds is 2. The molecule has 1 aromatic carbocycles. The SMILES string of the molecule is COc1ccc(Br)cc1-n1c(Cl)nnc1C(C)(C)C. The summed E-state index contributed by atoms with van der Waals surface area (Å²) in [6.45, 7) is 6.19. The second kappa shape index (κ2) is 5.13. The molecule has 6 heteroatoms. The molecule has 0 amide bonds. The van der Waals surface area contributed by atoms with Crippen molar-refractivity contribution >= 4 is 27.5 Å². The second-order valence-electron chi connectivity index (χ2n) is 5.19. The lowest BCUT2D eigenvalue weighted by Crippen LogP contribution is -2.18. The van der Waals surface area contributed by atoms with E-state index in [1.165, 1.54) is 0 Å². The van der Waals surface area contributed by atoms with Gasteiger partial charge in [0.2, 0.25) is 5.28 Å². The summed E-state index contributed by atoms with van der Waals surface area (Å²) in [6.07, 6.45) is 0. The van der Waals surface area contributed by atoms with E-state index in [-0.39, 0.29) is 5.41 Å². The molecular formula is C13H15BrClN3O. The molecule has 0 aliphatic carbocycles. The molecule has 2 rings (SSSR count). The summed E-state index contributed by atoms with van der Waals surface area (Å²) < 4.78 is 8.14. The first-order valence-electron chi connectivity index (χ1n) is 5.80. The highest BCUT2D eigenvalue weighted by atomic mass is 79.9. The zero-order valence-electron chi connectivity index (χ0n) is 11.2. The van der Waals surface area contributed by atoms with Crippen molar-refractivity contribution < 1.29 is 4.74 Å². The smallest absolute Gasteiger partial charge is 0.229 e. The maximum Gasteiger partial charge on any atom is 0.229 e. The average Bonchev–Trinajstić information content (AvgIpc) is 2.70. The molecule has 0 saturated carbocycles. The third kappa shape index (κ3) is 2.77. The van der Waals surface area contributed by atoms with E-state index in [4.69, 9.17) is 16.3 Å².